The number of rotatable bonds is 10. The molecular weight excluding hydrogens is 388 g/mol. The van der Waals surface area contributed by atoms with Gasteiger partial charge in [-0.2, -0.15) is 0 Å². The standard InChI is InChI=1S/C26H26N2O3/c29-26(14-16-30-22-9-5-2-6-10-22)27-15-13-21-18-28-25-17-23(11-12-24(21)25)31-19-20-7-3-1-4-8-20/h1-12,17-18,28H,13-16,19H2,(H,27,29). The number of nitrogens with one attached hydrogen (secondary N) is 2. The smallest absolute Gasteiger partial charge is 0.223 e. The van der Waals surface area contributed by atoms with Gasteiger partial charge < -0.3 is 19.8 Å². The Morgan fingerprint density at radius 2 is 1.65 bits per heavy atom. The number of hydrogen-bond acceptors (Lipinski definition) is 3. The number of hydrogen-bond donors (Lipinski definition) is 2. The minimum atomic E-state index is -0.00706. The summed E-state index contributed by atoms with van der Waals surface area (Å²) in [6.07, 6.45) is 3.09. The molecule has 4 rings (SSSR count). The van der Waals surface area contributed by atoms with Crippen molar-refractivity contribution in [2.24, 2.45) is 0 Å². The summed E-state index contributed by atoms with van der Waals surface area (Å²) in [4.78, 5) is 15.3. The lowest BCUT2D eigenvalue weighted by atomic mass is 10.1. The van der Waals surface area contributed by atoms with Gasteiger partial charge in [0.1, 0.15) is 18.1 Å². The second-order valence-electron chi connectivity index (χ2n) is 7.31. The quantitative estimate of drug-likeness (QED) is 0.389. The van der Waals surface area contributed by atoms with E-state index in [1.165, 1.54) is 5.56 Å². The summed E-state index contributed by atoms with van der Waals surface area (Å²) in [5.74, 6) is 1.60. The zero-order chi connectivity index (χ0) is 21.3. The molecule has 31 heavy (non-hydrogen) atoms. The average Bonchev–Trinajstić information content (AvgIpc) is 3.21. The number of carbonyl (C=O) groups is 1. The van der Waals surface area contributed by atoms with Crippen LogP contribution in [0.5, 0.6) is 11.5 Å². The van der Waals surface area contributed by atoms with E-state index < -0.39 is 0 Å². The zero-order valence-electron chi connectivity index (χ0n) is 17.3. The lowest BCUT2D eigenvalue weighted by Crippen LogP contribution is -2.26. The Bertz CT molecular complexity index is 1110. The Labute approximate surface area is 182 Å². The van der Waals surface area contributed by atoms with E-state index in [9.17, 15) is 4.79 Å². The van der Waals surface area contributed by atoms with Gasteiger partial charge in [-0.25, -0.2) is 0 Å². The van der Waals surface area contributed by atoms with Gasteiger partial charge in [0.05, 0.1) is 13.0 Å². The second-order valence-corrected chi connectivity index (χ2v) is 7.31. The largest absolute Gasteiger partial charge is 0.493 e. The molecule has 0 spiro atoms. The normalized spacial score (nSPS) is 10.7. The molecule has 0 saturated heterocycles. The van der Waals surface area contributed by atoms with Crippen molar-refractivity contribution in [3.8, 4) is 11.5 Å². The molecule has 1 aromatic heterocycles. The first-order valence-electron chi connectivity index (χ1n) is 10.5. The van der Waals surface area contributed by atoms with Gasteiger partial charge in [0.25, 0.3) is 0 Å². The molecular formula is C26H26N2O3. The van der Waals surface area contributed by atoms with Gasteiger partial charge in [0, 0.05) is 29.7 Å². The maximum absolute atomic E-state index is 12.0. The van der Waals surface area contributed by atoms with Crippen molar-refractivity contribution >= 4 is 16.8 Å². The number of ether oxygens (including phenoxy) is 2. The zero-order valence-corrected chi connectivity index (χ0v) is 17.3. The maximum Gasteiger partial charge on any atom is 0.223 e. The van der Waals surface area contributed by atoms with E-state index in [0.717, 1.165) is 34.4 Å². The van der Waals surface area contributed by atoms with Crippen molar-refractivity contribution < 1.29 is 14.3 Å². The molecule has 0 aliphatic rings. The third kappa shape index (κ3) is 5.89. The Balaban J connectivity index is 1.23. The van der Waals surface area contributed by atoms with Gasteiger partial charge in [-0.15, -0.1) is 0 Å². The van der Waals surface area contributed by atoms with Crippen LogP contribution in [0.4, 0.5) is 0 Å². The van der Waals surface area contributed by atoms with Crippen LogP contribution in [0, 0.1) is 0 Å². The monoisotopic (exact) mass is 414 g/mol. The van der Waals surface area contributed by atoms with Crippen LogP contribution in [0.25, 0.3) is 10.9 Å². The van der Waals surface area contributed by atoms with Crippen molar-refractivity contribution in [3.05, 3.63) is 96.2 Å². The number of amides is 1. The van der Waals surface area contributed by atoms with Crippen LogP contribution in [0.2, 0.25) is 0 Å². The summed E-state index contributed by atoms with van der Waals surface area (Å²) in [7, 11) is 0. The number of aromatic amines is 1. The molecule has 2 N–H and O–H groups in total. The molecule has 0 atom stereocenters. The number of para-hydroxylation sites is 1. The average molecular weight is 415 g/mol. The van der Waals surface area contributed by atoms with Gasteiger partial charge >= 0.3 is 0 Å². The summed E-state index contributed by atoms with van der Waals surface area (Å²) in [6.45, 7) is 1.50. The van der Waals surface area contributed by atoms with Crippen LogP contribution in [-0.2, 0) is 17.8 Å². The number of carbonyl (C=O) groups excluding carboxylic acids is 1. The highest BCUT2D eigenvalue weighted by Crippen LogP contribution is 2.24. The van der Waals surface area contributed by atoms with Crippen molar-refractivity contribution in [1.29, 1.82) is 0 Å². The van der Waals surface area contributed by atoms with Crippen LogP contribution in [0.3, 0.4) is 0 Å². The van der Waals surface area contributed by atoms with Crippen LogP contribution in [0.15, 0.2) is 85.1 Å². The number of fused-ring (bicyclic) bond motifs is 1. The fourth-order valence-corrected chi connectivity index (χ4v) is 3.41. The molecule has 0 fully saturated rings. The molecule has 0 radical (unpaired) electrons. The summed E-state index contributed by atoms with van der Waals surface area (Å²) in [5, 5.41) is 4.11. The molecule has 5 heteroatoms. The van der Waals surface area contributed by atoms with Crippen molar-refractivity contribution in [1.82, 2.24) is 10.3 Å². The fourth-order valence-electron chi connectivity index (χ4n) is 3.41. The summed E-state index contributed by atoms with van der Waals surface area (Å²) < 4.78 is 11.5. The number of aromatic nitrogens is 1. The molecule has 0 saturated carbocycles. The minimum Gasteiger partial charge on any atom is -0.493 e. The lowest BCUT2D eigenvalue weighted by Gasteiger charge is -2.08. The first-order valence-corrected chi connectivity index (χ1v) is 10.5. The van der Waals surface area contributed by atoms with Crippen molar-refractivity contribution in [3.63, 3.8) is 0 Å². The van der Waals surface area contributed by atoms with Gasteiger partial charge in [-0.3, -0.25) is 4.79 Å². The van der Waals surface area contributed by atoms with E-state index in [2.05, 4.69) is 16.4 Å². The van der Waals surface area contributed by atoms with Gasteiger partial charge in [-0.05, 0) is 41.8 Å². The Kier molecular flexibility index (Phi) is 6.85. The Morgan fingerprint density at radius 1 is 0.871 bits per heavy atom. The third-order valence-corrected chi connectivity index (χ3v) is 5.04. The number of H-pyrrole nitrogens is 1. The van der Waals surface area contributed by atoms with Crippen LogP contribution in [0.1, 0.15) is 17.5 Å². The molecule has 3 aromatic carbocycles. The highest BCUT2D eigenvalue weighted by molar-refractivity contribution is 5.84. The first kappa shape index (κ1) is 20.5. The molecule has 1 heterocycles. The molecule has 0 aliphatic heterocycles. The molecule has 4 aromatic rings. The highest BCUT2D eigenvalue weighted by atomic mass is 16.5. The maximum atomic E-state index is 12.0. The predicted octanol–water partition coefficient (Wildman–Crippen LogP) is 4.87. The number of benzene rings is 3. The summed E-state index contributed by atoms with van der Waals surface area (Å²) in [6, 6.07) is 25.7. The van der Waals surface area contributed by atoms with E-state index in [1.54, 1.807) is 0 Å². The summed E-state index contributed by atoms with van der Waals surface area (Å²) in [5.41, 5.74) is 3.34. The molecule has 0 bridgehead atoms. The van der Waals surface area contributed by atoms with Crippen LogP contribution in [-0.4, -0.2) is 24.0 Å². The SMILES string of the molecule is O=C(CCOc1ccccc1)NCCc1c[nH]c2cc(OCc3ccccc3)ccc12. The van der Waals surface area contributed by atoms with Crippen LogP contribution >= 0.6 is 0 Å². The van der Waals surface area contributed by atoms with E-state index in [-0.39, 0.29) is 5.91 Å². The molecule has 1 amide bonds. The van der Waals surface area contributed by atoms with E-state index >= 15 is 0 Å². The van der Waals surface area contributed by atoms with Gasteiger partial charge in [0.15, 0.2) is 0 Å². The first-order chi connectivity index (χ1) is 15.3. The minimum absolute atomic E-state index is 0.00706. The molecule has 158 valence electrons. The molecule has 0 unspecified atom stereocenters. The van der Waals surface area contributed by atoms with Gasteiger partial charge in [-0.1, -0.05) is 48.5 Å². The van der Waals surface area contributed by atoms with Crippen molar-refractivity contribution in [2.45, 2.75) is 19.4 Å². The Hall–Kier alpha value is -3.73. The van der Waals surface area contributed by atoms with E-state index in [4.69, 9.17) is 9.47 Å². The Morgan fingerprint density at radius 3 is 2.45 bits per heavy atom. The van der Waals surface area contributed by atoms with Gasteiger partial charge in [0.2, 0.25) is 5.91 Å². The third-order valence-electron chi connectivity index (χ3n) is 5.04. The van der Waals surface area contributed by atoms with E-state index in [0.29, 0.717) is 26.2 Å². The second kappa shape index (κ2) is 10.3. The summed E-state index contributed by atoms with van der Waals surface area (Å²) >= 11 is 0. The van der Waals surface area contributed by atoms with E-state index in [1.807, 2.05) is 79.0 Å². The van der Waals surface area contributed by atoms with Crippen molar-refractivity contribution in [2.75, 3.05) is 13.2 Å². The lowest BCUT2D eigenvalue weighted by molar-refractivity contribution is -0.121. The topological polar surface area (TPSA) is 63.3 Å². The molecule has 0 aliphatic carbocycles. The van der Waals surface area contributed by atoms with Crippen LogP contribution < -0.4 is 14.8 Å². The highest BCUT2D eigenvalue weighted by Gasteiger charge is 2.07. The fraction of sp³-hybridized carbons (Fsp3) is 0.192. The molecule has 5 nitrogen and oxygen atoms in total. The predicted molar refractivity (Wildman–Crippen MR) is 122 cm³/mol.